The first-order valence-corrected chi connectivity index (χ1v) is 7.46. The van der Waals surface area contributed by atoms with Crippen LogP contribution < -0.4 is 10.1 Å². The smallest absolute Gasteiger partial charge is 0.219 e. The van der Waals surface area contributed by atoms with Gasteiger partial charge in [0.1, 0.15) is 5.75 Å². The number of halogens is 1. The molecule has 0 fully saturated rings. The zero-order valence-corrected chi connectivity index (χ0v) is 13.6. The van der Waals surface area contributed by atoms with Crippen molar-refractivity contribution in [3.63, 3.8) is 0 Å². The Morgan fingerprint density at radius 1 is 1.25 bits per heavy atom. The van der Waals surface area contributed by atoms with Gasteiger partial charge in [-0.2, -0.15) is 0 Å². The van der Waals surface area contributed by atoms with Gasteiger partial charge in [0.15, 0.2) is 0 Å². The van der Waals surface area contributed by atoms with Gasteiger partial charge in [-0.05, 0) is 36.2 Å². The lowest BCUT2D eigenvalue weighted by molar-refractivity contribution is 0.458. The number of nitrogens with zero attached hydrogens (tertiary/aromatic N) is 1. The van der Waals surface area contributed by atoms with Gasteiger partial charge in [-0.25, -0.2) is 4.98 Å². The summed E-state index contributed by atoms with van der Waals surface area (Å²) in [5, 5.41) is 3.36. The normalized spacial score (nSPS) is 10.8. The van der Waals surface area contributed by atoms with Crippen molar-refractivity contribution in [2.45, 2.75) is 33.4 Å². The van der Waals surface area contributed by atoms with Crippen molar-refractivity contribution < 1.29 is 4.74 Å². The summed E-state index contributed by atoms with van der Waals surface area (Å²) in [7, 11) is 0. The summed E-state index contributed by atoms with van der Waals surface area (Å²) in [6, 6.07) is 10.3. The lowest BCUT2D eigenvalue weighted by Gasteiger charge is -2.10. The SMILES string of the molecule is Cc1cc(Br)ccc1Oc1ccc(CNC(C)C)cn1. The minimum absolute atomic E-state index is 0.469. The molecule has 1 aromatic carbocycles. The van der Waals surface area contributed by atoms with Crippen LogP contribution in [-0.2, 0) is 6.54 Å². The summed E-state index contributed by atoms with van der Waals surface area (Å²) in [6.45, 7) is 7.09. The summed E-state index contributed by atoms with van der Waals surface area (Å²) < 4.78 is 6.84. The number of hydrogen-bond donors (Lipinski definition) is 1. The molecule has 20 heavy (non-hydrogen) atoms. The third kappa shape index (κ3) is 4.32. The third-order valence-electron chi connectivity index (χ3n) is 2.86. The van der Waals surface area contributed by atoms with Gasteiger partial charge in [0.25, 0.3) is 0 Å². The van der Waals surface area contributed by atoms with Gasteiger partial charge < -0.3 is 10.1 Å². The fraction of sp³-hybridized carbons (Fsp3) is 0.312. The number of hydrogen-bond acceptors (Lipinski definition) is 3. The number of rotatable bonds is 5. The van der Waals surface area contributed by atoms with E-state index in [0.29, 0.717) is 11.9 Å². The molecule has 3 nitrogen and oxygen atoms in total. The van der Waals surface area contributed by atoms with E-state index in [-0.39, 0.29) is 0 Å². The Hall–Kier alpha value is -1.39. The number of pyridine rings is 1. The van der Waals surface area contributed by atoms with Crippen LogP contribution in [0.1, 0.15) is 25.0 Å². The van der Waals surface area contributed by atoms with Crippen molar-refractivity contribution in [3.8, 4) is 11.6 Å². The van der Waals surface area contributed by atoms with Gasteiger partial charge in [0, 0.05) is 29.3 Å². The molecule has 0 bridgehead atoms. The van der Waals surface area contributed by atoms with E-state index in [0.717, 1.165) is 27.9 Å². The predicted octanol–water partition coefficient (Wildman–Crippen LogP) is 4.44. The van der Waals surface area contributed by atoms with Gasteiger partial charge in [-0.15, -0.1) is 0 Å². The van der Waals surface area contributed by atoms with Gasteiger partial charge in [0.2, 0.25) is 5.88 Å². The van der Waals surface area contributed by atoms with Crippen molar-refractivity contribution in [2.24, 2.45) is 0 Å². The third-order valence-corrected chi connectivity index (χ3v) is 3.36. The highest BCUT2D eigenvalue weighted by atomic mass is 79.9. The molecule has 0 unspecified atom stereocenters. The molecule has 0 saturated carbocycles. The van der Waals surface area contributed by atoms with E-state index in [4.69, 9.17) is 4.74 Å². The van der Waals surface area contributed by atoms with Gasteiger partial charge in [-0.1, -0.05) is 35.8 Å². The van der Waals surface area contributed by atoms with Gasteiger partial charge in [0.05, 0.1) is 0 Å². The molecule has 106 valence electrons. The van der Waals surface area contributed by atoms with Crippen molar-refractivity contribution >= 4 is 15.9 Å². The minimum Gasteiger partial charge on any atom is -0.439 e. The average molecular weight is 335 g/mol. The molecule has 0 aliphatic rings. The molecule has 0 amide bonds. The lowest BCUT2D eigenvalue weighted by Crippen LogP contribution is -2.21. The number of aromatic nitrogens is 1. The van der Waals surface area contributed by atoms with Gasteiger partial charge >= 0.3 is 0 Å². The first-order valence-electron chi connectivity index (χ1n) is 6.67. The summed E-state index contributed by atoms with van der Waals surface area (Å²) in [4.78, 5) is 4.34. The van der Waals surface area contributed by atoms with Crippen LogP contribution in [-0.4, -0.2) is 11.0 Å². The van der Waals surface area contributed by atoms with E-state index in [1.807, 2.05) is 43.5 Å². The van der Waals surface area contributed by atoms with E-state index in [1.54, 1.807) is 0 Å². The van der Waals surface area contributed by atoms with Crippen LogP contribution in [0.2, 0.25) is 0 Å². The molecule has 2 aromatic rings. The zero-order valence-electron chi connectivity index (χ0n) is 12.0. The molecule has 0 aliphatic carbocycles. The Morgan fingerprint density at radius 2 is 2.05 bits per heavy atom. The van der Waals surface area contributed by atoms with E-state index < -0.39 is 0 Å². The number of aryl methyl sites for hydroxylation is 1. The van der Waals surface area contributed by atoms with Crippen LogP contribution >= 0.6 is 15.9 Å². The second-order valence-corrected chi connectivity index (χ2v) is 5.97. The van der Waals surface area contributed by atoms with Crippen molar-refractivity contribution in [3.05, 3.63) is 52.1 Å². The second kappa shape index (κ2) is 6.86. The van der Waals surface area contributed by atoms with Crippen LogP contribution in [0.4, 0.5) is 0 Å². The Bertz CT molecular complexity index is 567. The maximum absolute atomic E-state index is 5.79. The molecule has 0 saturated heterocycles. The number of benzene rings is 1. The molecule has 0 atom stereocenters. The van der Waals surface area contributed by atoms with Crippen molar-refractivity contribution in [2.75, 3.05) is 0 Å². The number of nitrogens with one attached hydrogen (secondary N) is 1. The van der Waals surface area contributed by atoms with Crippen molar-refractivity contribution in [1.29, 1.82) is 0 Å². The van der Waals surface area contributed by atoms with Crippen LogP contribution in [0.25, 0.3) is 0 Å². The average Bonchev–Trinajstić information content (AvgIpc) is 2.41. The van der Waals surface area contributed by atoms with E-state index in [1.165, 1.54) is 0 Å². The number of ether oxygens (including phenoxy) is 1. The van der Waals surface area contributed by atoms with Crippen LogP contribution in [0, 0.1) is 6.92 Å². The first kappa shape index (κ1) is 15.0. The maximum Gasteiger partial charge on any atom is 0.219 e. The second-order valence-electron chi connectivity index (χ2n) is 5.05. The molecule has 0 spiro atoms. The highest BCUT2D eigenvalue weighted by Crippen LogP contribution is 2.26. The molecular formula is C16H19BrN2O. The molecule has 1 N–H and O–H groups in total. The lowest BCUT2D eigenvalue weighted by atomic mass is 10.2. The highest BCUT2D eigenvalue weighted by molar-refractivity contribution is 9.10. The standard InChI is InChI=1S/C16H19BrN2O/c1-11(2)18-9-13-4-7-16(19-10-13)20-15-6-5-14(17)8-12(15)3/h4-8,10-11,18H,9H2,1-3H3. The molecule has 1 aromatic heterocycles. The Morgan fingerprint density at radius 3 is 2.65 bits per heavy atom. The van der Waals surface area contributed by atoms with Crippen molar-refractivity contribution in [1.82, 2.24) is 10.3 Å². The Labute approximate surface area is 128 Å². The Balaban J connectivity index is 2.03. The largest absolute Gasteiger partial charge is 0.439 e. The quantitative estimate of drug-likeness (QED) is 0.877. The molecule has 0 aliphatic heterocycles. The topological polar surface area (TPSA) is 34.1 Å². The highest BCUT2D eigenvalue weighted by Gasteiger charge is 2.03. The monoisotopic (exact) mass is 334 g/mol. The van der Waals surface area contributed by atoms with Crippen LogP contribution in [0.5, 0.6) is 11.6 Å². The molecule has 4 heteroatoms. The van der Waals surface area contributed by atoms with Crippen LogP contribution in [0.3, 0.4) is 0 Å². The zero-order chi connectivity index (χ0) is 14.5. The fourth-order valence-corrected chi connectivity index (χ4v) is 2.21. The predicted molar refractivity (Wildman–Crippen MR) is 85.2 cm³/mol. The summed E-state index contributed by atoms with van der Waals surface area (Å²) in [5.41, 5.74) is 2.23. The van der Waals surface area contributed by atoms with Gasteiger partial charge in [-0.3, -0.25) is 0 Å². The maximum atomic E-state index is 5.79. The molecule has 1 heterocycles. The molecule has 2 rings (SSSR count). The summed E-state index contributed by atoms with van der Waals surface area (Å²) in [5.74, 6) is 1.44. The van der Waals surface area contributed by atoms with Crippen LogP contribution in [0.15, 0.2) is 41.0 Å². The molecule has 0 radical (unpaired) electrons. The summed E-state index contributed by atoms with van der Waals surface area (Å²) >= 11 is 3.44. The van der Waals surface area contributed by atoms with E-state index in [2.05, 4.69) is 40.1 Å². The Kier molecular flexibility index (Phi) is 5.15. The van der Waals surface area contributed by atoms with E-state index >= 15 is 0 Å². The summed E-state index contributed by atoms with van der Waals surface area (Å²) in [6.07, 6.45) is 1.85. The first-order chi connectivity index (χ1) is 9.54. The fourth-order valence-electron chi connectivity index (χ4n) is 1.74. The molecular weight excluding hydrogens is 316 g/mol. The van der Waals surface area contributed by atoms with E-state index in [9.17, 15) is 0 Å². The minimum atomic E-state index is 0.469.